The molecule has 0 aromatic heterocycles. The van der Waals surface area contributed by atoms with Gasteiger partial charge in [-0.15, -0.1) is 11.8 Å². The number of carbonyl (C=O) groups excluding carboxylic acids is 2. The van der Waals surface area contributed by atoms with Crippen LogP contribution >= 0.6 is 0 Å². The third-order valence-corrected chi connectivity index (χ3v) is 3.71. The summed E-state index contributed by atoms with van der Waals surface area (Å²) in [4.78, 5) is 24.2. The summed E-state index contributed by atoms with van der Waals surface area (Å²) in [6.07, 6.45) is 4.69. The van der Waals surface area contributed by atoms with Gasteiger partial charge in [-0.1, -0.05) is 11.6 Å². The van der Waals surface area contributed by atoms with Crippen LogP contribution in [0.2, 0.25) is 0 Å². The fourth-order valence-corrected chi connectivity index (χ4v) is 2.14. The molecule has 20 heavy (non-hydrogen) atoms. The van der Waals surface area contributed by atoms with Gasteiger partial charge in [0.05, 0.1) is 14.2 Å². The van der Waals surface area contributed by atoms with Crippen LogP contribution in [0.3, 0.4) is 0 Å². The highest BCUT2D eigenvalue weighted by Gasteiger charge is 2.47. The molecule has 0 aromatic rings. The van der Waals surface area contributed by atoms with E-state index in [-0.39, 0.29) is 12.8 Å². The van der Waals surface area contributed by atoms with Crippen molar-refractivity contribution in [3.05, 3.63) is 11.6 Å². The lowest BCUT2D eigenvalue weighted by molar-refractivity contribution is -0.168. The monoisotopic (exact) mass is 278 g/mol. The molecule has 0 spiro atoms. The van der Waals surface area contributed by atoms with Crippen molar-refractivity contribution >= 4 is 11.9 Å². The van der Waals surface area contributed by atoms with E-state index in [2.05, 4.69) is 11.8 Å². The van der Waals surface area contributed by atoms with Crippen molar-refractivity contribution in [2.24, 2.45) is 11.3 Å². The van der Waals surface area contributed by atoms with Gasteiger partial charge >= 0.3 is 11.9 Å². The van der Waals surface area contributed by atoms with Crippen LogP contribution in [-0.4, -0.2) is 26.2 Å². The van der Waals surface area contributed by atoms with Crippen molar-refractivity contribution < 1.29 is 19.1 Å². The topological polar surface area (TPSA) is 52.6 Å². The van der Waals surface area contributed by atoms with Crippen LogP contribution < -0.4 is 0 Å². The van der Waals surface area contributed by atoms with Crippen LogP contribution in [-0.2, 0) is 19.1 Å². The molecule has 0 atom stereocenters. The Bertz CT molecular complexity index is 445. The lowest BCUT2D eigenvalue weighted by Crippen LogP contribution is -2.40. The normalized spacial score (nSPS) is 15.1. The maximum Gasteiger partial charge on any atom is 0.324 e. The molecule has 4 nitrogen and oxygen atoms in total. The van der Waals surface area contributed by atoms with E-state index in [9.17, 15) is 9.59 Å². The Kier molecular flexibility index (Phi) is 5.82. The highest BCUT2D eigenvalue weighted by atomic mass is 16.5. The molecule has 0 aromatic carbocycles. The molecule has 1 rings (SSSR count). The number of allylic oxidation sites excluding steroid dienone is 2. The molecule has 0 amide bonds. The van der Waals surface area contributed by atoms with Gasteiger partial charge in [-0.2, -0.15) is 0 Å². The largest absolute Gasteiger partial charge is 0.468 e. The van der Waals surface area contributed by atoms with E-state index >= 15 is 0 Å². The molecule has 0 saturated heterocycles. The van der Waals surface area contributed by atoms with Crippen molar-refractivity contribution in [1.82, 2.24) is 0 Å². The summed E-state index contributed by atoms with van der Waals surface area (Å²) < 4.78 is 9.61. The van der Waals surface area contributed by atoms with E-state index < -0.39 is 17.4 Å². The molecular formula is C16H22O4. The van der Waals surface area contributed by atoms with E-state index in [1.807, 2.05) is 13.0 Å². The van der Waals surface area contributed by atoms with E-state index in [4.69, 9.17) is 9.47 Å². The summed E-state index contributed by atoms with van der Waals surface area (Å²) >= 11 is 0. The predicted octanol–water partition coefficient (Wildman–Crippen LogP) is 2.48. The van der Waals surface area contributed by atoms with Gasteiger partial charge in [0.25, 0.3) is 0 Å². The van der Waals surface area contributed by atoms with Crippen LogP contribution in [0, 0.1) is 23.2 Å². The SMILES string of the molecule is CC#CCC(C/C=C(/C)C1CC1)(C(=O)OC)C(=O)OC. The fraction of sp³-hybridized carbons (Fsp3) is 0.625. The first-order valence-corrected chi connectivity index (χ1v) is 6.75. The molecule has 0 aliphatic heterocycles. The first kappa shape index (κ1) is 16.3. The quantitative estimate of drug-likeness (QED) is 0.324. The summed E-state index contributed by atoms with van der Waals surface area (Å²) in [6, 6.07) is 0. The average Bonchev–Trinajstić information content (AvgIpc) is 3.30. The molecule has 0 N–H and O–H groups in total. The number of hydrogen-bond acceptors (Lipinski definition) is 4. The van der Waals surface area contributed by atoms with E-state index in [1.165, 1.54) is 32.6 Å². The zero-order valence-corrected chi connectivity index (χ0v) is 12.6. The van der Waals surface area contributed by atoms with Crippen LogP contribution in [0.4, 0.5) is 0 Å². The lowest BCUT2D eigenvalue weighted by Gasteiger charge is -2.25. The highest BCUT2D eigenvalue weighted by molar-refractivity contribution is 6.00. The van der Waals surface area contributed by atoms with Gasteiger partial charge in [-0.3, -0.25) is 9.59 Å². The molecule has 4 heteroatoms. The average molecular weight is 278 g/mol. The Hall–Kier alpha value is -1.76. The lowest BCUT2D eigenvalue weighted by atomic mass is 9.80. The number of methoxy groups -OCH3 is 2. The van der Waals surface area contributed by atoms with Crippen molar-refractivity contribution in [2.75, 3.05) is 14.2 Å². The molecule has 0 bridgehead atoms. The van der Waals surface area contributed by atoms with E-state index in [0.29, 0.717) is 5.92 Å². The molecule has 1 aliphatic carbocycles. The van der Waals surface area contributed by atoms with Gasteiger partial charge in [-0.05, 0) is 39.0 Å². The van der Waals surface area contributed by atoms with Crippen LogP contribution in [0.1, 0.15) is 39.5 Å². The highest BCUT2D eigenvalue weighted by Crippen LogP contribution is 2.38. The first-order valence-electron chi connectivity index (χ1n) is 6.75. The predicted molar refractivity (Wildman–Crippen MR) is 75.6 cm³/mol. The minimum absolute atomic E-state index is 0.108. The Labute approximate surface area is 120 Å². The first-order chi connectivity index (χ1) is 9.51. The van der Waals surface area contributed by atoms with Crippen LogP contribution in [0.15, 0.2) is 11.6 Å². The number of rotatable bonds is 6. The van der Waals surface area contributed by atoms with Gasteiger partial charge in [0, 0.05) is 6.42 Å². The van der Waals surface area contributed by atoms with Crippen molar-refractivity contribution in [3.8, 4) is 11.8 Å². The second kappa shape index (κ2) is 7.14. The molecule has 110 valence electrons. The summed E-state index contributed by atoms with van der Waals surface area (Å²) in [6.45, 7) is 3.70. The summed E-state index contributed by atoms with van der Waals surface area (Å²) in [5, 5.41) is 0. The second-order valence-electron chi connectivity index (χ2n) is 5.10. The third-order valence-electron chi connectivity index (χ3n) is 3.71. The number of hydrogen-bond donors (Lipinski definition) is 0. The minimum Gasteiger partial charge on any atom is -0.468 e. The van der Waals surface area contributed by atoms with E-state index in [1.54, 1.807) is 6.92 Å². The molecule has 1 fully saturated rings. The van der Waals surface area contributed by atoms with Crippen LogP contribution in [0.5, 0.6) is 0 Å². The number of esters is 2. The van der Waals surface area contributed by atoms with Crippen LogP contribution in [0.25, 0.3) is 0 Å². The number of ether oxygens (including phenoxy) is 2. The summed E-state index contributed by atoms with van der Waals surface area (Å²) in [7, 11) is 2.55. The molecule has 0 radical (unpaired) electrons. The smallest absolute Gasteiger partial charge is 0.324 e. The van der Waals surface area contributed by atoms with Gasteiger partial charge in [0.2, 0.25) is 0 Å². The molecular weight excluding hydrogens is 256 g/mol. The molecule has 1 saturated carbocycles. The van der Waals surface area contributed by atoms with Gasteiger partial charge < -0.3 is 9.47 Å². The maximum absolute atomic E-state index is 12.1. The third kappa shape index (κ3) is 3.63. The molecule has 1 aliphatic rings. The maximum atomic E-state index is 12.1. The van der Waals surface area contributed by atoms with Gasteiger partial charge in [0.1, 0.15) is 0 Å². The van der Waals surface area contributed by atoms with Crippen molar-refractivity contribution in [1.29, 1.82) is 0 Å². The van der Waals surface area contributed by atoms with Gasteiger partial charge in [-0.25, -0.2) is 0 Å². The zero-order chi connectivity index (χ0) is 15.2. The second-order valence-corrected chi connectivity index (χ2v) is 5.10. The van der Waals surface area contributed by atoms with E-state index in [0.717, 1.165) is 0 Å². The molecule has 0 unspecified atom stereocenters. The van der Waals surface area contributed by atoms with Crippen molar-refractivity contribution in [3.63, 3.8) is 0 Å². The van der Waals surface area contributed by atoms with Gasteiger partial charge in [0.15, 0.2) is 5.41 Å². The molecule has 0 heterocycles. The Morgan fingerprint density at radius 2 is 1.80 bits per heavy atom. The number of carbonyl (C=O) groups is 2. The Balaban J connectivity index is 3.05. The minimum atomic E-state index is -1.36. The standard InChI is InChI=1S/C16H22O4/c1-5-6-10-16(14(17)19-3,15(18)20-4)11-9-12(2)13-7-8-13/h9,13H,7-8,10-11H2,1-4H3/b12-9-. The summed E-state index contributed by atoms with van der Waals surface area (Å²) in [5.74, 6) is 4.94. The van der Waals surface area contributed by atoms with Crippen molar-refractivity contribution in [2.45, 2.75) is 39.5 Å². The Morgan fingerprint density at radius 1 is 1.25 bits per heavy atom. The summed E-state index contributed by atoms with van der Waals surface area (Å²) in [5.41, 5.74) is -0.144. The zero-order valence-electron chi connectivity index (χ0n) is 12.6. The fourth-order valence-electron chi connectivity index (χ4n) is 2.14. The Morgan fingerprint density at radius 3 is 2.20 bits per heavy atom.